The van der Waals surface area contributed by atoms with E-state index in [9.17, 15) is 9.59 Å². The minimum absolute atomic E-state index is 0.0940. The van der Waals surface area contributed by atoms with Gasteiger partial charge in [-0.15, -0.1) is 0 Å². The number of likely N-dealkylation sites (tertiary alicyclic amines) is 2. The normalized spacial score (nSPS) is 21.5. The highest BCUT2D eigenvalue weighted by atomic mass is 16.5. The molecule has 1 aromatic carbocycles. The van der Waals surface area contributed by atoms with E-state index >= 15 is 0 Å². The van der Waals surface area contributed by atoms with Gasteiger partial charge < -0.3 is 19.4 Å². The maximum atomic E-state index is 13.4. The number of rotatable bonds is 6. The van der Waals surface area contributed by atoms with Gasteiger partial charge in [0.05, 0.1) is 13.0 Å². The highest BCUT2D eigenvalue weighted by Crippen LogP contribution is 2.28. The number of nitrogens with zero attached hydrogens (tertiary/aromatic N) is 3. The van der Waals surface area contributed by atoms with Gasteiger partial charge in [-0.2, -0.15) is 0 Å². The van der Waals surface area contributed by atoms with Gasteiger partial charge in [-0.1, -0.05) is 18.2 Å². The third-order valence-electron chi connectivity index (χ3n) is 5.89. The lowest BCUT2D eigenvalue weighted by atomic mass is 9.98. The number of ether oxygens (including phenoxy) is 1. The van der Waals surface area contributed by atoms with Gasteiger partial charge in [-0.25, -0.2) is 0 Å². The third kappa shape index (κ3) is 4.43. The lowest BCUT2D eigenvalue weighted by Crippen LogP contribution is -2.48. The van der Waals surface area contributed by atoms with Crippen molar-refractivity contribution in [1.82, 2.24) is 14.7 Å². The van der Waals surface area contributed by atoms with Crippen LogP contribution in [0.5, 0.6) is 5.75 Å². The lowest BCUT2D eigenvalue weighted by Gasteiger charge is -2.38. The highest BCUT2D eigenvalue weighted by molar-refractivity contribution is 5.89. The van der Waals surface area contributed by atoms with E-state index in [-0.39, 0.29) is 23.8 Å². The van der Waals surface area contributed by atoms with Gasteiger partial charge in [0.1, 0.15) is 5.75 Å². The molecule has 0 saturated carbocycles. The molecular formula is C21H31N3O3. The zero-order valence-electron chi connectivity index (χ0n) is 16.7. The van der Waals surface area contributed by atoms with E-state index in [4.69, 9.17) is 4.74 Å². The van der Waals surface area contributed by atoms with Crippen molar-refractivity contribution in [3.8, 4) is 5.75 Å². The Morgan fingerprint density at radius 3 is 2.59 bits per heavy atom. The number of piperidine rings is 1. The van der Waals surface area contributed by atoms with Gasteiger partial charge in [-0.05, 0) is 46.0 Å². The molecule has 0 N–H and O–H groups in total. The van der Waals surface area contributed by atoms with E-state index in [1.54, 1.807) is 12.0 Å². The van der Waals surface area contributed by atoms with Crippen LogP contribution in [0.1, 0.15) is 31.7 Å². The summed E-state index contributed by atoms with van der Waals surface area (Å²) in [5, 5.41) is 0. The van der Waals surface area contributed by atoms with Crippen LogP contribution in [0.25, 0.3) is 0 Å². The lowest BCUT2D eigenvalue weighted by molar-refractivity contribution is -0.139. The van der Waals surface area contributed by atoms with Gasteiger partial charge >= 0.3 is 0 Å². The Morgan fingerprint density at radius 2 is 1.96 bits per heavy atom. The zero-order chi connectivity index (χ0) is 19.4. The molecule has 2 aliphatic rings. The van der Waals surface area contributed by atoms with Gasteiger partial charge in [0.15, 0.2) is 0 Å². The van der Waals surface area contributed by atoms with Crippen LogP contribution in [-0.4, -0.2) is 72.9 Å². The molecule has 6 nitrogen and oxygen atoms in total. The van der Waals surface area contributed by atoms with Crippen molar-refractivity contribution in [2.24, 2.45) is 5.92 Å². The van der Waals surface area contributed by atoms with Crippen LogP contribution < -0.4 is 4.74 Å². The van der Waals surface area contributed by atoms with Crippen LogP contribution in [0, 0.1) is 5.92 Å². The smallest absolute Gasteiger partial charge is 0.228 e. The van der Waals surface area contributed by atoms with Crippen molar-refractivity contribution in [2.45, 2.75) is 38.8 Å². The maximum absolute atomic E-state index is 13.4. The van der Waals surface area contributed by atoms with Crippen LogP contribution in [0.15, 0.2) is 24.3 Å². The number of methoxy groups -OCH3 is 1. The van der Waals surface area contributed by atoms with Crippen LogP contribution in [-0.2, 0) is 16.1 Å². The predicted molar refractivity (Wildman–Crippen MR) is 104 cm³/mol. The second-order valence-corrected chi connectivity index (χ2v) is 7.65. The summed E-state index contributed by atoms with van der Waals surface area (Å²) in [6.45, 7) is 5.70. The molecule has 0 bridgehead atoms. The van der Waals surface area contributed by atoms with E-state index in [0.29, 0.717) is 26.1 Å². The fourth-order valence-corrected chi connectivity index (χ4v) is 4.19. The SMILES string of the molecule is CCN1C[C@H](C(=O)N(Cc2ccccc2OC)C2CCN(C)CC2)CC1=O. The van der Waals surface area contributed by atoms with E-state index in [2.05, 4.69) is 11.9 Å². The minimum Gasteiger partial charge on any atom is -0.496 e. The summed E-state index contributed by atoms with van der Waals surface area (Å²) in [5.74, 6) is 0.781. The summed E-state index contributed by atoms with van der Waals surface area (Å²) >= 11 is 0. The molecular weight excluding hydrogens is 342 g/mol. The number of hydrogen-bond donors (Lipinski definition) is 0. The summed E-state index contributed by atoms with van der Waals surface area (Å²) in [7, 11) is 3.78. The standard InChI is InChI=1S/C21H31N3O3/c1-4-23-14-17(13-20(23)25)21(26)24(18-9-11-22(2)12-10-18)15-16-7-5-6-8-19(16)27-3/h5-8,17-18H,4,9-15H2,1-3H3/t17-/m1/s1. The van der Waals surface area contributed by atoms with E-state index in [1.807, 2.05) is 36.1 Å². The Labute approximate surface area is 162 Å². The number of para-hydroxylation sites is 1. The predicted octanol–water partition coefficient (Wildman–Crippen LogP) is 1.99. The molecule has 0 aromatic heterocycles. The second kappa shape index (κ2) is 8.74. The van der Waals surface area contributed by atoms with Crippen molar-refractivity contribution in [3.05, 3.63) is 29.8 Å². The molecule has 2 fully saturated rings. The third-order valence-corrected chi connectivity index (χ3v) is 5.89. The Hall–Kier alpha value is -2.08. The summed E-state index contributed by atoms with van der Waals surface area (Å²) in [6.07, 6.45) is 2.27. The highest BCUT2D eigenvalue weighted by Gasteiger charge is 2.38. The average molecular weight is 373 g/mol. The topological polar surface area (TPSA) is 53.1 Å². The Morgan fingerprint density at radius 1 is 1.26 bits per heavy atom. The van der Waals surface area contributed by atoms with Crippen molar-refractivity contribution < 1.29 is 14.3 Å². The summed E-state index contributed by atoms with van der Waals surface area (Å²) in [6, 6.07) is 8.09. The molecule has 2 saturated heterocycles. The fourth-order valence-electron chi connectivity index (χ4n) is 4.19. The average Bonchev–Trinajstić information content (AvgIpc) is 3.07. The maximum Gasteiger partial charge on any atom is 0.228 e. The van der Waals surface area contributed by atoms with Crippen LogP contribution >= 0.6 is 0 Å². The summed E-state index contributed by atoms with van der Waals surface area (Å²) < 4.78 is 5.50. The number of carbonyl (C=O) groups is 2. The first kappa shape index (κ1) is 19.7. The number of carbonyl (C=O) groups excluding carboxylic acids is 2. The quantitative estimate of drug-likeness (QED) is 0.765. The number of benzene rings is 1. The van der Waals surface area contributed by atoms with Gasteiger partial charge in [-0.3, -0.25) is 9.59 Å². The molecule has 0 radical (unpaired) electrons. The molecule has 2 amide bonds. The molecule has 27 heavy (non-hydrogen) atoms. The number of amides is 2. The molecule has 1 aromatic rings. The molecule has 2 heterocycles. The first-order valence-electron chi connectivity index (χ1n) is 9.92. The largest absolute Gasteiger partial charge is 0.496 e. The van der Waals surface area contributed by atoms with Crippen LogP contribution in [0.2, 0.25) is 0 Å². The van der Waals surface area contributed by atoms with Crippen molar-refractivity contribution in [3.63, 3.8) is 0 Å². The fraction of sp³-hybridized carbons (Fsp3) is 0.619. The Bertz CT molecular complexity index is 670. The molecule has 6 heteroatoms. The molecule has 1 atom stereocenters. The molecule has 0 unspecified atom stereocenters. The number of hydrogen-bond acceptors (Lipinski definition) is 4. The minimum atomic E-state index is -0.230. The monoisotopic (exact) mass is 373 g/mol. The zero-order valence-corrected chi connectivity index (χ0v) is 16.7. The second-order valence-electron chi connectivity index (χ2n) is 7.65. The van der Waals surface area contributed by atoms with Gasteiger partial charge in [0, 0.05) is 37.7 Å². The molecule has 0 aliphatic carbocycles. The molecule has 2 aliphatic heterocycles. The van der Waals surface area contributed by atoms with Crippen molar-refractivity contribution in [2.75, 3.05) is 40.3 Å². The van der Waals surface area contributed by atoms with Crippen molar-refractivity contribution in [1.29, 1.82) is 0 Å². The summed E-state index contributed by atoms with van der Waals surface area (Å²) in [5.41, 5.74) is 1.02. The van der Waals surface area contributed by atoms with Crippen LogP contribution in [0.4, 0.5) is 0 Å². The molecule has 3 rings (SSSR count). The van der Waals surface area contributed by atoms with E-state index < -0.39 is 0 Å². The van der Waals surface area contributed by atoms with Crippen molar-refractivity contribution >= 4 is 11.8 Å². The van der Waals surface area contributed by atoms with Gasteiger partial charge in [0.25, 0.3) is 0 Å². The van der Waals surface area contributed by atoms with E-state index in [0.717, 1.165) is 37.2 Å². The van der Waals surface area contributed by atoms with Crippen LogP contribution in [0.3, 0.4) is 0 Å². The van der Waals surface area contributed by atoms with E-state index in [1.165, 1.54) is 0 Å². The summed E-state index contributed by atoms with van der Waals surface area (Å²) in [4.78, 5) is 31.7. The first-order valence-corrected chi connectivity index (χ1v) is 9.92. The molecule has 0 spiro atoms. The molecule has 148 valence electrons. The van der Waals surface area contributed by atoms with Gasteiger partial charge in [0.2, 0.25) is 11.8 Å². The Kier molecular flexibility index (Phi) is 6.37. The Balaban J connectivity index is 1.81. The first-order chi connectivity index (χ1) is 13.0.